The molecule has 0 saturated heterocycles. The largest absolute Gasteiger partial charge is 0.507 e. The third-order valence-corrected chi connectivity index (χ3v) is 8.26. The van der Waals surface area contributed by atoms with Gasteiger partial charge in [-0.1, -0.05) is 97.1 Å². The van der Waals surface area contributed by atoms with Gasteiger partial charge in [-0.25, -0.2) is 0 Å². The summed E-state index contributed by atoms with van der Waals surface area (Å²) in [6, 6.07) is 48.3. The first-order valence-electron chi connectivity index (χ1n) is 14.3. The average molecular weight is 555 g/mol. The van der Waals surface area contributed by atoms with Crippen molar-refractivity contribution in [2.24, 2.45) is 0 Å². The fourth-order valence-corrected chi connectivity index (χ4v) is 6.11. The molecule has 0 amide bonds. The van der Waals surface area contributed by atoms with Crippen molar-refractivity contribution in [2.75, 3.05) is 0 Å². The first-order chi connectivity index (χ1) is 21.1. The van der Waals surface area contributed by atoms with Gasteiger partial charge in [0.15, 0.2) is 0 Å². The molecule has 0 aromatic heterocycles. The van der Waals surface area contributed by atoms with Crippen molar-refractivity contribution in [2.45, 2.75) is 0 Å². The third kappa shape index (κ3) is 4.39. The molecule has 0 heterocycles. The van der Waals surface area contributed by atoms with Crippen LogP contribution in [0, 0.1) is 0 Å². The van der Waals surface area contributed by atoms with Crippen LogP contribution >= 0.6 is 0 Å². The maximum atomic E-state index is 11.1. The van der Waals surface area contributed by atoms with Crippen LogP contribution in [0.15, 0.2) is 146 Å². The van der Waals surface area contributed by atoms with E-state index in [0.29, 0.717) is 11.1 Å². The number of aromatic hydroxyl groups is 2. The molecule has 0 radical (unpaired) electrons. The van der Waals surface area contributed by atoms with Crippen molar-refractivity contribution in [3.05, 3.63) is 146 Å². The Hall–Kier alpha value is -5.80. The molecule has 0 fully saturated rings. The zero-order valence-corrected chi connectivity index (χ0v) is 23.2. The monoisotopic (exact) mass is 554 g/mol. The number of benzene rings is 8. The normalized spacial score (nSPS) is 11.4. The van der Waals surface area contributed by atoms with E-state index in [1.165, 1.54) is 5.39 Å². The quantitative estimate of drug-likeness (QED) is 0.227. The Morgan fingerprint density at radius 2 is 0.837 bits per heavy atom. The zero-order valence-electron chi connectivity index (χ0n) is 23.2. The predicted molar refractivity (Wildman–Crippen MR) is 177 cm³/mol. The second-order valence-corrected chi connectivity index (χ2v) is 10.9. The lowest BCUT2D eigenvalue weighted by Crippen LogP contribution is -1.88. The summed E-state index contributed by atoms with van der Waals surface area (Å²) in [4.78, 5) is 0. The SMILES string of the molecule is Oc1ccc2ccccc2c1-c1c(O)ccc2ccc(-c3ccc4ccc(Oc5ccc6ccccc6c5)cc4c3)cc12. The first kappa shape index (κ1) is 25.0. The van der Waals surface area contributed by atoms with Crippen LogP contribution in [0.1, 0.15) is 0 Å². The number of hydrogen-bond acceptors (Lipinski definition) is 3. The zero-order chi connectivity index (χ0) is 28.9. The standard InChI is InChI=1S/C40H26O3/c41-37-19-15-27-6-3-4-8-35(27)39(37)40-36-24-31(12-10-28(36)16-20-38(40)42)30-11-9-26-14-18-34(23-32(26)21-30)43-33-17-13-25-5-1-2-7-29(25)22-33/h1-24,41-42H. The molecule has 0 bridgehead atoms. The van der Waals surface area contributed by atoms with Gasteiger partial charge in [0.1, 0.15) is 23.0 Å². The van der Waals surface area contributed by atoms with E-state index in [4.69, 9.17) is 4.74 Å². The van der Waals surface area contributed by atoms with Gasteiger partial charge in [0.2, 0.25) is 0 Å². The van der Waals surface area contributed by atoms with Gasteiger partial charge in [-0.05, 0) is 103 Å². The maximum Gasteiger partial charge on any atom is 0.128 e. The van der Waals surface area contributed by atoms with Gasteiger partial charge in [-0.15, -0.1) is 0 Å². The molecule has 0 spiro atoms. The summed E-state index contributed by atoms with van der Waals surface area (Å²) >= 11 is 0. The Morgan fingerprint density at radius 3 is 1.58 bits per heavy atom. The minimum atomic E-state index is 0.130. The summed E-state index contributed by atoms with van der Waals surface area (Å²) in [5.74, 6) is 1.84. The van der Waals surface area contributed by atoms with E-state index in [0.717, 1.165) is 60.3 Å². The summed E-state index contributed by atoms with van der Waals surface area (Å²) in [7, 11) is 0. The fourth-order valence-electron chi connectivity index (χ4n) is 6.11. The highest BCUT2D eigenvalue weighted by atomic mass is 16.5. The van der Waals surface area contributed by atoms with Gasteiger partial charge in [0, 0.05) is 11.1 Å². The highest BCUT2D eigenvalue weighted by molar-refractivity contribution is 6.10. The molecule has 0 atom stereocenters. The molecule has 0 saturated carbocycles. The van der Waals surface area contributed by atoms with Crippen molar-refractivity contribution in [3.8, 4) is 45.3 Å². The highest BCUT2D eigenvalue weighted by Gasteiger charge is 2.17. The minimum absolute atomic E-state index is 0.130. The number of phenols is 2. The molecule has 8 rings (SSSR count). The Kier molecular flexibility index (Phi) is 5.76. The van der Waals surface area contributed by atoms with E-state index in [9.17, 15) is 10.2 Å². The number of rotatable bonds is 4. The van der Waals surface area contributed by atoms with Gasteiger partial charge in [-0.3, -0.25) is 0 Å². The molecule has 204 valence electrons. The topological polar surface area (TPSA) is 49.7 Å². The lowest BCUT2D eigenvalue weighted by atomic mass is 9.90. The predicted octanol–water partition coefficient (Wildman–Crippen LogP) is 10.8. The summed E-state index contributed by atoms with van der Waals surface area (Å²) in [5.41, 5.74) is 3.32. The van der Waals surface area contributed by atoms with Crippen LogP contribution < -0.4 is 4.74 Å². The number of hydrogen-bond donors (Lipinski definition) is 2. The van der Waals surface area contributed by atoms with Gasteiger partial charge < -0.3 is 14.9 Å². The van der Waals surface area contributed by atoms with Gasteiger partial charge in [-0.2, -0.15) is 0 Å². The van der Waals surface area contributed by atoms with Crippen molar-refractivity contribution in [1.29, 1.82) is 0 Å². The molecule has 3 nitrogen and oxygen atoms in total. The van der Waals surface area contributed by atoms with E-state index < -0.39 is 0 Å². The number of phenolic OH excluding ortho intramolecular Hbond substituents is 2. The van der Waals surface area contributed by atoms with E-state index in [1.807, 2.05) is 60.7 Å². The molecule has 0 aliphatic carbocycles. The summed E-state index contributed by atoms with van der Waals surface area (Å²) in [6.07, 6.45) is 0. The molecule has 0 aliphatic rings. The molecule has 8 aromatic rings. The van der Waals surface area contributed by atoms with Crippen LogP contribution in [-0.4, -0.2) is 10.2 Å². The summed E-state index contributed by atoms with van der Waals surface area (Å²) in [6.45, 7) is 0. The van der Waals surface area contributed by atoms with E-state index in [2.05, 4.69) is 72.8 Å². The van der Waals surface area contributed by atoms with Gasteiger partial charge >= 0.3 is 0 Å². The second kappa shape index (κ2) is 9.93. The molecule has 0 aliphatic heterocycles. The Bertz CT molecular complexity index is 2350. The Morgan fingerprint density at radius 1 is 0.349 bits per heavy atom. The highest BCUT2D eigenvalue weighted by Crippen LogP contribution is 2.45. The van der Waals surface area contributed by atoms with Gasteiger partial charge in [0.25, 0.3) is 0 Å². The van der Waals surface area contributed by atoms with Crippen LogP contribution in [0.3, 0.4) is 0 Å². The minimum Gasteiger partial charge on any atom is -0.507 e. The third-order valence-electron chi connectivity index (χ3n) is 8.26. The fraction of sp³-hybridized carbons (Fsp3) is 0. The van der Waals surface area contributed by atoms with Crippen molar-refractivity contribution >= 4 is 43.1 Å². The average Bonchev–Trinajstić information content (AvgIpc) is 3.04. The summed E-state index contributed by atoms with van der Waals surface area (Å²) < 4.78 is 6.27. The smallest absolute Gasteiger partial charge is 0.128 e. The van der Waals surface area contributed by atoms with Crippen molar-refractivity contribution in [1.82, 2.24) is 0 Å². The van der Waals surface area contributed by atoms with Crippen LogP contribution in [0.25, 0.3) is 65.3 Å². The first-order valence-corrected chi connectivity index (χ1v) is 14.3. The van der Waals surface area contributed by atoms with E-state index >= 15 is 0 Å². The van der Waals surface area contributed by atoms with Crippen LogP contribution in [-0.2, 0) is 0 Å². The Labute approximate surface area is 248 Å². The van der Waals surface area contributed by atoms with Gasteiger partial charge in [0.05, 0.1) is 0 Å². The Balaban J connectivity index is 1.22. The molecule has 43 heavy (non-hydrogen) atoms. The maximum absolute atomic E-state index is 11.1. The molecular weight excluding hydrogens is 528 g/mol. The van der Waals surface area contributed by atoms with Crippen molar-refractivity contribution < 1.29 is 14.9 Å². The molecule has 8 aromatic carbocycles. The number of ether oxygens (including phenoxy) is 1. The van der Waals surface area contributed by atoms with Crippen LogP contribution in [0.2, 0.25) is 0 Å². The van der Waals surface area contributed by atoms with E-state index in [1.54, 1.807) is 12.1 Å². The molecule has 0 unspecified atom stereocenters. The van der Waals surface area contributed by atoms with Crippen molar-refractivity contribution in [3.63, 3.8) is 0 Å². The number of fused-ring (bicyclic) bond motifs is 4. The second-order valence-electron chi connectivity index (χ2n) is 10.9. The molecule has 3 heteroatoms. The molecule has 2 N–H and O–H groups in total. The lowest BCUT2D eigenvalue weighted by molar-refractivity contribution is 0.470. The van der Waals surface area contributed by atoms with Crippen LogP contribution in [0.4, 0.5) is 0 Å². The van der Waals surface area contributed by atoms with Crippen LogP contribution in [0.5, 0.6) is 23.0 Å². The van der Waals surface area contributed by atoms with E-state index in [-0.39, 0.29) is 11.5 Å². The summed E-state index contributed by atoms with van der Waals surface area (Å²) in [5, 5.41) is 30.4. The molecular formula is C40H26O3. The lowest BCUT2D eigenvalue weighted by Gasteiger charge is -2.15.